The number of imidazole rings is 1. The second-order valence-corrected chi connectivity index (χ2v) is 5.06. The predicted molar refractivity (Wildman–Crippen MR) is 69.6 cm³/mol. The van der Waals surface area contributed by atoms with E-state index in [2.05, 4.69) is 33.2 Å². The third-order valence-corrected chi connectivity index (χ3v) is 3.74. The highest BCUT2D eigenvalue weighted by Crippen LogP contribution is 2.25. The average molecular weight is 246 g/mol. The van der Waals surface area contributed by atoms with Crippen molar-refractivity contribution in [1.29, 1.82) is 0 Å². The van der Waals surface area contributed by atoms with Gasteiger partial charge in [-0.1, -0.05) is 6.92 Å². The molecule has 0 unspecified atom stereocenters. The van der Waals surface area contributed by atoms with Crippen LogP contribution < -0.4 is 0 Å². The van der Waals surface area contributed by atoms with E-state index in [0.717, 1.165) is 46.0 Å². The first-order valence-corrected chi connectivity index (χ1v) is 6.68. The maximum Gasteiger partial charge on any atom is 0.188 e. The molecule has 0 aromatic carbocycles. The SMILES string of the molecule is CCCc1nc(C)c2c(C)nc3ncsc3n12. The zero-order valence-electron chi connectivity index (χ0n) is 10.2. The van der Waals surface area contributed by atoms with Gasteiger partial charge in [-0.05, 0) is 20.3 Å². The first-order chi connectivity index (χ1) is 8.22. The Morgan fingerprint density at radius 3 is 2.76 bits per heavy atom. The second kappa shape index (κ2) is 3.77. The predicted octanol–water partition coefficient (Wildman–Crippen LogP) is 2.91. The summed E-state index contributed by atoms with van der Waals surface area (Å²) in [6, 6.07) is 0. The number of rotatable bonds is 2. The molecular weight excluding hydrogens is 232 g/mol. The summed E-state index contributed by atoms with van der Waals surface area (Å²) in [5.41, 5.74) is 5.89. The van der Waals surface area contributed by atoms with Crippen LogP contribution in [-0.4, -0.2) is 19.4 Å². The van der Waals surface area contributed by atoms with Gasteiger partial charge < -0.3 is 0 Å². The molecule has 0 fully saturated rings. The van der Waals surface area contributed by atoms with Crippen molar-refractivity contribution in [2.24, 2.45) is 0 Å². The van der Waals surface area contributed by atoms with E-state index in [1.165, 1.54) is 0 Å². The molecule has 17 heavy (non-hydrogen) atoms. The van der Waals surface area contributed by atoms with E-state index in [-0.39, 0.29) is 0 Å². The molecule has 0 aliphatic rings. The first-order valence-electron chi connectivity index (χ1n) is 5.80. The monoisotopic (exact) mass is 246 g/mol. The molecular formula is C12H14N4S. The number of fused-ring (bicyclic) bond motifs is 3. The molecule has 0 aliphatic heterocycles. The molecule has 0 atom stereocenters. The Morgan fingerprint density at radius 2 is 2.00 bits per heavy atom. The third kappa shape index (κ3) is 1.45. The van der Waals surface area contributed by atoms with Crippen LogP contribution >= 0.6 is 11.3 Å². The molecule has 3 heterocycles. The van der Waals surface area contributed by atoms with Crippen LogP contribution in [0.25, 0.3) is 16.0 Å². The fraction of sp³-hybridized carbons (Fsp3) is 0.417. The lowest BCUT2D eigenvalue weighted by Gasteiger charge is -2.03. The zero-order valence-corrected chi connectivity index (χ0v) is 11.0. The van der Waals surface area contributed by atoms with Crippen molar-refractivity contribution in [3.8, 4) is 0 Å². The highest BCUT2D eigenvalue weighted by Gasteiger charge is 2.15. The Morgan fingerprint density at radius 1 is 1.24 bits per heavy atom. The summed E-state index contributed by atoms with van der Waals surface area (Å²) < 4.78 is 2.23. The lowest BCUT2D eigenvalue weighted by Crippen LogP contribution is -1.98. The van der Waals surface area contributed by atoms with Gasteiger partial charge in [-0.15, -0.1) is 11.3 Å². The van der Waals surface area contributed by atoms with E-state index in [1.807, 2.05) is 12.4 Å². The summed E-state index contributed by atoms with van der Waals surface area (Å²) in [7, 11) is 0. The quantitative estimate of drug-likeness (QED) is 0.698. The molecule has 3 aromatic rings. The smallest absolute Gasteiger partial charge is 0.188 e. The van der Waals surface area contributed by atoms with Gasteiger partial charge in [-0.2, -0.15) is 0 Å². The maximum atomic E-state index is 4.67. The van der Waals surface area contributed by atoms with Crippen LogP contribution in [0.4, 0.5) is 0 Å². The van der Waals surface area contributed by atoms with E-state index in [1.54, 1.807) is 11.3 Å². The number of hydrogen-bond donors (Lipinski definition) is 0. The maximum absolute atomic E-state index is 4.67. The molecule has 0 amide bonds. The van der Waals surface area contributed by atoms with E-state index in [0.29, 0.717) is 0 Å². The third-order valence-electron chi connectivity index (χ3n) is 2.94. The van der Waals surface area contributed by atoms with Gasteiger partial charge in [0.05, 0.1) is 22.4 Å². The van der Waals surface area contributed by atoms with Gasteiger partial charge in [0.1, 0.15) is 10.7 Å². The van der Waals surface area contributed by atoms with Crippen LogP contribution in [0.5, 0.6) is 0 Å². The van der Waals surface area contributed by atoms with Crippen LogP contribution in [0.1, 0.15) is 30.6 Å². The number of aromatic nitrogens is 4. The summed E-state index contributed by atoms with van der Waals surface area (Å²) in [6.07, 6.45) is 2.09. The minimum atomic E-state index is 0.828. The number of nitrogens with zero attached hydrogens (tertiary/aromatic N) is 4. The molecule has 0 bridgehead atoms. The second-order valence-electron chi connectivity index (χ2n) is 4.23. The van der Waals surface area contributed by atoms with Crippen LogP contribution in [0, 0.1) is 13.8 Å². The van der Waals surface area contributed by atoms with E-state index in [9.17, 15) is 0 Å². The molecule has 3 aromatic heterocycles. The van der Waals surface area contributed by atoms with Gasteiger partial charge in [-0.3, -0.25) is 4.40 Å². The Kier molecular flexibility index (Phi) is 2.36. The molecule has 88 valence electrons. The number of aryl methyl sites for hydroxylation is 3. The summed E-state index contributed by atoms with van der Waals surface area (Å²) in [5, 5.41) is 0. The molecule has 4 nitrogen and oxygen atoms in total. The topological polar surface area (TPSA) is 43.1 Å². The van der Waals surface area contributed by atoms with Crippen molar-refractivity contribution in [3.63, 3.8) is 0 Å². The van der Waals surface area contributed by atoms with E-state index in [4.69, 9.17) is 0 Å². The molecule has 0 aliphatic carbocycles. The highest BCUT2D eigenvalue weighted by molar-refractivity contribution is 7.16. The van der Waals surface area contributed by atoms with E-state index < -0.39 is 0 Å². The van der Waals surface area contributed by atoms with Crippen molar-refractivity contribution in [2.75, 3.05) is 0 Å². The van der Waals surface area contributed by atoms with Crippen LogP contribution in [0.15, 0.2) is 5.51 Å². The van der Waals surface area contributed by atoms with Gasteiger partial charge >= 0.3 is 0 Å². The number of thiazole rings is 1. The summed E-state index contributed by atoms with van der Waals surface area (Å²) in [6.45, 7) is 6.25. The number of hydrogen-bond acceptors (Lipinski definition) is 4. The van der Waals surface area contributed by atoms with Crippen molar-refractivity contribution < 1.29 is 0 Å². The Hall–Kier alpha value is -1.49. The van der Waals surface area contributed by atoms with E-state index >= 15 is 0 Å². The highest BCUT2D eigenvalue weighted by atomic mass is 32.1. The Labute approximate surface area is 103 Å². The van der Waals surface area contributed by atoms with Gasteiger partial charge in [0, 0.05) is 6.42 Å². The lowest BCUT2D eigenvalue weighted by molar-refractivity contribution is 0.837. The van der Waals surface area contributed by atoms with Gasteiger partial charge in [0.25, 0.3) is 0 Å². The molecule has 3 rings (SSSR count). The Bertz CT molecular complexity index is 695. The largest absolute Gasteiger partial charge is 0.283 e. The van der Waals surface area contributed by atoms with Gasteiger partial charge in [-0.25, -0.2) is 15.0 Å². The molecule has 0 radical (unpaired) electrons. The minimum Gasteiger partial charge on any atom is -0.283 e. The van der Waals surface area contributed by atoms with Gasteiger partial charge in [0.2, 0.25) is 0 Å². The molecule has 0 spiro atoms. The summed E-state index contributed by atoms with van der Waals surface area (Å²) >= 11 is 1.63. The standard InChI is InChI=1S/C12H14N4S/c1-4-5-9-14-7(2)10-8(3)15-11-12(16(9)10)17-6-13-11/h6H,4-5H2,1-3H3. The van der Waals surface area contributed by atoms with Crippen LogP contribution in [0.2, 0.25) is 0 Å². The zero-order chi connectivity index (χ0) is 12.0. The lowest BCUT2D eigenvalue weighted by atomic mass is 10.3. The fourth-order valence-electron chi connectivity index (χ4n) is 2.30. The van der Waals surface area contributed by atoms with Crippen molar-refractivity contribution in [2.45, 2.75) is 33.6 Å². The van der Waals surface area contributed by atoms with Crippen molar-refractivity contribution in [1.82, 2.24) is 19.4 Å². The fourth-order valence-corrected chi connectivity index (χ4v) is 3.05. The molecule has 0 N–H and O–H groups in total. The molecule has 0 saturated heterocycles. The normalized spacial score (nSPS) is 11.7. The average Bonchev–Trinajstić information content (AvgIpc) is 2.84. The van der Waals surface area contributed by atoms with Crippen LogP contribution in [0.3, 0.4) is 0 Å². The molecule has 0 saturated carbocycles. The van der Waals surface area contributed by atoms with Crippen molar-refractivity contribution in [3.05, 3.63) is 22.7 Å². The van der Waals surface area contributed by atoms with Crippen molar-refractivity contribution >= 4 is 27.3 Å². The first kappa shape index (κ1) is 10.7. The van der Waals surface area contributed by atoms with Gasteiger partial charge in [0.15, 0.2) is 5.65 Å². The summed E-state index contributed by atoms with van der Waals surface area (Å²) in [5.74, 6) is 1.12. The van der Waals surface area contributed by atoms with Crippen LogP contribution in [-0.2, 0) is 6.42 Å². The Balaban J connectivity index is 2.51. The summed E-state index contributed by atoms with van der Waals surface area (Å²) in [4.78, 5) is 14.6. The minimum absolute atomic E-state index is 0.828. The molecule has 5 heteroatoms.